The summed E-state index contributed by atoms with van der Waals surface area (Å²) in [6, 6.07) is 8.64. The highest BCUT2D eigenvalue weighted by molar-refractivity contribution is 8.03. The van der Waals surface area contributed by atoms with Crippen molar-refractivity contribution in [2.24, 2.45) is 0 Å². The van der Waals surface area contributed by atoms with Gasteiger partial charge in [0.25, 0.3) is 0 Å². The Hall–Kier alpha value is -1.29. The normalized spacial score (nSPS) is 24.5. The summed E-state index contributed by atoms with van der Waals surface area (Å²) >= 11 is 0. The Kier molecular flexibility index (Phi) is 1.89. The smallest absolute Gasteiger partial charge is 0.192 e. The minimum Gasteiger partial charge on any atom is -0.510 e. The first-order valence-electron chi connectivity index (χ1n) is 4.27. The molecule has 1 N–H and O–H groups in total. The Balaban J connectivity index is 2.59. The third-order valence-corrected chi connectivity index (χ3v) is 4.57. The number of aliphatic hydroxyl groups excluding tert-OH is 1. The lowest BCUT2D eigenvalue weighted by molar-refractivity contribution is 0.389. The van der Waals surface area contributed by atoms with Crippen LogP contribution in [-0.2, 0) is 9.84 Å². The van der Waals surface area contributed by atoms with Gasteiger partial charge in [0.05, 0.1) is 0 Å². The van der Waals surface area contributed by atoms with Crippen LogP contribution in [0, 0.1) is 0 Å². The van der Waals surface area contributed by atoms with Crippen molar-refractivity contribution in [1.29, 1.82) is 0 Å². The molecular formula is C10H10O3S. The highest BCUT2D eigenvalue weighted by atomic mass is 32.2. The summed E-state index contributed by atoms with van der Waals surface area (Å²) in [5.74, 6) is -0.0313. The number of hydrogen-bond donors (Lipinski definition) is 1. The van der Waals surface area contributed by atoms with E-state index in [1.54, 1.807) is 30.3 Å². The van der Waals surface area contributed by atoms with Crippen molar-refractivity contribution in [3.05, 3.63) is 41.7 Å². The average molecular weight is 210 g/mol. The fourth-order valence-electron chi connectivity index (χ4n) is 1.50. The molecule has 0 bridgehead atoms. The molecule has 0 radical (unpaired) electrons. The van der Waals surface area contributed by atoms with E-state index in [9.17, 15) is 13.5 Å². The van der Waals surface area contributed by atoms with Crippen LogP contribution in [0.1, 0.15) is 12.5 Å². The molecule has 1 aromatic carbocycles. The molecule has 0 spiro atoms. The highest BCUT2D eigenvalue weighted by Gasteiger charge is 2.43. The second kappa shape index (κ2) is 2.85. The van der Waals surface area contributed by atoms with E-state index in [4.69, 9.17) is 0 Å². The SMILES string of the molecule is CC1C(O)=C(c2ccccc2)S1(=O)=O. The fraction of sp³-hybridized carbons (Fsp3) is 0.200. The molecule has 74 valence electrons. The molecule has 1 aromatic rings. The summed E-state index contributed by atoms with van der Waals surface area (Å²) in [6.07, 6.45) is 0. The first kappa shape index (κ1) is 9.27. The van der Waals surface area contributed by atoms with E-state index in [-0.39, 0.29) is 10.7 Å². The maximum absolute atomic E-state index is 11.5. The van der Waals surface area contributed by atoms with E-state index in [0.29, 0.717) is 5.56 Å². The Labute approximate surface area is 82.6 Å². The summed E-state index contributed by atoms with van der Waals surface area (Å²) in [5.41, 5.74) is 0.558. The molecule has 1 heterocycles. The largest absolute Gasteiger partial charge is 0.510 e. The van der Waals surface area contributed by atoms with Crippen LogP contribution in [0.25, 0.3) is 4.91 Å². The Morgan fingerprint density at radius 1 is 1.21 bits per heavy atom. The minimum atomic E-state index is -3.27. The minimum absolute atomic E-state index is 0.0313. The third-order valence-electron chi connectivity index (χ3n) is 2.40. The number of benzene rings is 1. The molecule has 0 amide bonds. The fourth-order valence-corrected chi connectivity index (χ4v) is 3.01. The molecule has 14 heavy (non-hydrogen) atoms. The standard InChI is InChI=1S/C10H10O3S/c1-7-9(11)10(14(7,12)13)8-5-3-2-4-6-8/h2-7,11H,1H3. The molecule has 3 nitrogen and oxygen atoms in total. The van der Waals surface area contributed by atoms with Crippen LogP contribution in [0.15, 0.2) is 36.1 Å². The maximum atomic E-state index is 11.5. The van der Waals surface area contributed by atoms with Gasteiger partial charge in [-0.25, -0.2) is 8.42 Å². The molecule has 0 saturated heterocycles. The average Bonchev–Trinajstić information content (AvgIpc) is 2.18. The number of sulfone groups is 1. The lowest BCUT2D eigenvalue weighted by Gasteiger charge is -2.26. The topological polar surface area (TPSA) is 54.4 Å². The van der Waals surface area contributed by atoms with E-state index in [1.807, 2.05) is 0 Å². The van der Waals surface area contributed by atoms with Crippen LogP contribution < -0.4 is 0 Å². The van der Waals surface area contributed by atoms with Gasteiger partial charge in [-0.05, 0) is 12.5 Å². The van der Waals surface area contributed by atoms with Gasteiger partial charge in [0.15, 0.2) is 9.84 Å². The summed E-state index contributed by atoms with van der Waals surface area (Å²) in [7, 11) is -3.27. The molecule has 0 aliphatic carbocycles. The molecule has 1 unspecified atom stereocenters. The van der Waals surface area contributed by atoms with Gasteiger partial charge in [0.1, 0.15) is 15.9 Å². The maximum Gasteiger partial charge on any atom is 0.192 e. The van der Waals surface area contributed by atoms with Crippen molar-refractivity contribution in [3.8, 4) is 0 Å². The second-order valence-corrected chi connectivity index (χ2v) is 5.47. The van der Waals surface area contributed by atoms with Crippen molar-refractivity contribution in [1.82, 2.24) is 0 Å². The molecule has 0 aromatic heterocycles. The van der Waals surface area contributed by atoms with Crippen LogP contribution in [0.2, 0.25) is 0 Å². The molecule has 4 heteroatoms. The predicted molar refractivity (Wildman–Crippen MR) is 54.4 cm³/mol. The number of aliphatic hydroxyl groups is 1. The van der Waals surface area contributed by atoms with E-state index < -0.39 is 15.1 Å². The zero-order chi connectivity index (χ0) is 10.3. The van der Waals surface area contributed by atoms with E-state index in [1.165, 1.54) is 6.92 Å². The van der Waals surface area contributed by atoms with Gasteiger partial charge < -0.3 is 5.11 Å². The van der Waals surface area contributed by atoms with E-state index in [2.05, 4.69) is 0 Å². The van der Waals surface area contributed by atoms with Gasteiger partial charge in [-0.15, -0.1) is 0 Å². The third kappa shape index (κ3) is 1.07. The number of hydrogen-bond acceptors (Lipinski definition) is 3. The van der Waals surface area contributed by atoms with E-state index >= 15 is 0 Å². The van der Waals surface area contributed by atoms with Gasteiger partial charge in [0, 0.05) is 0 Å². The van der Waals surface area contributed by atoms with Crippen molar-refractivity contribution >= 4 is 14.7 Å². The van der Waals surface area contributed by atoms with Crippen LogP contribution >= 0.6 is 0 Å². The molecule has 1 atom stereocenters. The predicted octanol–water partition coefficient (Wildman–Crippen LogP) is 1.73. The Bertz CT molecular complexity index is 485. The lowest BCUT2D eigenvalue weighted by Crippen LogP contribution is -2.32. The highest BCUT2D eigenvalue weighted by Crippen LogP contribution is 2.39. The molecule has 1 aliphatic heterocycles. The molecular weight excluding hydrogens is 200 g/mol. The van der Waals surface area contributed by atoms with Crippen molar-refractivity contribution < 1.29 is 13.5 Å². The zero-order valence-corrected chi connectivity index (χ0v) is 8.45. The quantitative estimate of drug-likeness (QED) is 0.768. The van der Waals surface area contributed by atoms with Gasteiger partial charge in [-0.1, -0.05) is 30.3 Å². The van der Waals surface area contributed by atoms with Gasteiger partial charge in [-0.3, -0.25) is 0 Å². The second-order valence-electron chi connectivity index (χ2n) is 3.27. The van der Waals surface area contributed by atoms with Crippen molar-refractivity contribution in [3.63, 3.8) is 0 Å². The van der Waals surface area contributed by atoms with Gasteiger partial charge in [0.2, 0.25) is 0 Å². The van der Waals surface area contributed by atoms with E-state index in [0.717, 1.165) is 0 Å². The van der Waals surface area contributed by atoms with Gasteiger partial charge >= 0.3 is 0 Å². The molecule has 1 aliphatic rings. The monoisotopic (exact) mass is 210 g/mol. The summed E-state index contributed by atoms with van der Waals surface area (Å²) < 4.78 is 23.1. The van der Waals surface area contributed by atoms with Crippen LogP contribution in [0.3, 0.4) is 0 Å². The first-order valence-corrected chi connectivity index (χ1v) is 5.82. The molecule has 0 saturated carbocycles. The molecule has 0 fully saturated rings. The van der Waals surface area contributed by atoms with Crippen LogP contribution in [0.5, 0.6) is 0 Å². The summed E-state index contributed by atoms with van der Waals surface area (Å²) in [6.45, 7) is 1.48. The molecule has 2 rings (SSSR count). The first-order chi connectivity index (χ1) is 6.55. The van der Waals surface area contributed by atoms with Gasteiger partial charge in [-0.2, -0.15) is 0 Å². The Morgan fingerprint density at radius 3 is 2.29 bits per heavy atom. The van der Waals surface area contributed by atoms with Crippen molar-refractivity contribution in [2.75, 3.05) is 0 Å². The van der Waals surface area contributed by atoms with Crippen LogP contribution in [-0.4, -0.2) is 18.8 Å². The van der Waals surface area contributed by atoms with Crippen molar-refractivity contribution in [2.45, 2.75) is 12.2 Å². The lowest BCUT2D eigenvalue weighted by atomic mass is 10.1. The summed E-state index contributed by atoms with van der Waals surface area (Å²) in [4.78, 5) is 0.0746. The zero-order valence-electron chi connectivity index (χ0n) is 7.64. The number of rotatable bonds is 1. The van der Waals surface area contributed by atoms with Crippen LogP contribution in [0.4, 0.5) is 0 Å². The summed E-state index contributed by atoms with van der Waals surface area (Å²) in [5, 5.41) is 8.71. The Morgan fingerprint density at radius 2 is 1.79 bits per heavy atom.